The van der Waals surface area contributed by atoms with Gasteiger partial charge in [-0.25, -0.2) is 0 Å². The van der Waals surface area contributed by atoms with E-state index in [4.69, 9.17) is 4.74 Å². The second-order valence-electron chi connectivity index (χ2n) is 4.81. The van der Waals surface area contributed by atoms with Gasteiger partial charge in [0.1, 0.15) is 5.75 Å². The third-order valence-electron chi connectivity index (χ3n) is 3.24. The van der Waals surface area contributed by atoms with Gasteiger partial charge in [-0.15, -0.1) is 0 Å². The van der Waals surface area contributed by atoms with Crippen LogP contribution in [0.4, 0.5) is 5.69 Å². The summed E-state index contributed by atoms with van der Waals surface area (Å²) in [7, 11) is 0. The molecule has 0 radical (unpaired) electrons. The summed E-state index contributed by atoms with van der Waals surface area (Å²) in [4.78, 5) is 12.5. The van der Waals surface area contributed by atoms with E-state index in [0.717, 1.165) is 24.1 Å². The van der Waals surface area contributed by atoms with Crippen LogP contribution in [-0.2, 0) is 6.42 Å². The molecule has 3 heteroatoms. The van der Waals surface area contributed by atoms with Crippen molar-refractivity contribution in [3.8, 4) is 5.75 Å². The van der Waals surface area contributed by atoms with Gasteiger partial charge in [-0.2, -0.15) is 0 Å². The smallest absolute Gasteiger partial charge is 0.259 e. The molecule has 0 fully saturated rings. The molecular formula is C18H21NO2. The van der Waals surface area contributed by atoms with Crippen LogP contribution in [0.5, 0.6) is 5.75 Å². The van der Waals surface area contributed by atoms with E-state index in [9.17, 15) is 4.79 Å². The number of hydrogen-bond acceptors (Lipinski definition) is 2. The summed E-state index contributed by atoms with van der Waals surface area (Å²) in [6.07, 6.45) is 1.79. The monoisotopic (exact) mass is 283 g/mol. The lowest BCUT2D eigenvalue weighted by Gasteiger charge is -2.13. The lowest BCUT2D eigenvalue weighted by Crippen LogP contribution is -2.15. The number of amides is 1. The van der Waals surface area contributed by atoms with Crippen molar-refractivity contribution in [1.82, 2.24) is 0 Å². The van der Waals surface area contributed by atoms with Crippen LogP contribution in [0, 0.1) is 0 Å². The first-order valence-corrected chi connectivity index (χ1v) is 7.37. The predicted molar refractivity (Wildman–Crippen MR) is 86.0 cm³/mol. The zero-order valence-electron chi connectivity index (χ0n) is 12.6. The molecule has 1 N–H and O–H groups in total. The summed E-state index contributed by atoms with van der Waals surface area (Å²) in [6.45, 7) is 4.72. The normalized spacial score (nSPS) is 10.2. The largest absolute Gasteiger partial charge is 0.493 e. The summed E-state index contributed by atoms with van der Waals surface area (Å²) in [5.41, 5.74) is 2.55. The van der Waals surface area contributed by atoms with E-state index in [1.165, 1.54) is 0 Å². The molecule has 0 aliphatic rings. The molecule has 0 aliphatic carbocycles. The van der Waals surface area contributed by atoms with Gasteiger partial charge in [0.2, 0.25) is 0 Å². The molecule has 0 spiro atoms. The second kappa shape index (κ2) is 7.48. The van der Waals surface area contributed by atoms with E-state index in [1.54, 1.807) is 6.07 Å². The van der Waals surface area contributed by atoms with E-state index in [1.807, 2.05) is 49.4 Å². The van der Waals surface area contributed by atoms with E-state index >= 15 is 0 Å². The fourth-order valence-corrected chi connectivity index (χ4v) is 2.13. The summed E-state index contributed by atoms with van der Waals surface area (Å²) in [5, 5.41) is 2.98. The number of benzene rings is 2. The van der Waals surface area contributed by atoms with Crippen LogP contribution in [0.1, 0.15) is 36.2 Å². The van der Waals surface area contributed by atoms with E-state index in [2.05, 4.69) is 12.2 Å². The number of carbonyl (C=O) groups is 1. The van der Waals surface area contributed by atoms with Crippen LogP contribution in [0.3, 0.4) is 0 Å². The lowest BCUT2D eigenvalue weighted by molar-refractivity contribution is 0.102. The Bertz CT molecular complexity index is 608. The van der Waals surface area contributed by atoms with Gasteiger partial charge in [-0.3, -0.25) is 4.79 Å². The van der Waals surface area contributed by atoms with Crippen molar-refractivity contribution in [2.75, 3.05) is 11.9 Å². The van der Waals surface area contributed by atoms with Gasteiger partial charge in [0.15, 0.2) is 0 Å². The fourth-order valence-electron chi connectivity index (χ4n) is 2.13. The van der Waals surface area contributed by atoms with Crippen molar-refractivity contribution in [2.24, 2.45) is 0 Å². The molecule has 2 aromatic carbocycles. The van der Waals surface area contributed by atoms with Crippen molar-refractivity contribution in [3.05, 3.63) is 59.7 Å². The van der Waals surface area contributed by atoms with Gasteiger partial charge in [0.05, 0.1) is 12.2 Å². The molecule has 0 unspecified atom stereocenters. The first-order valence-electron chi connectivity index (χ1n) is 7.37. The van der Waals surface area contributed by atoms with Gasteiger partial charge in [-0.1, -0.05) is 44.2 Å². The average Bonchev–Trinajstić information content (AvgIpc) is 2.53. The Labute approximate surface area is 126 Å². The molecule has 0 heterocycles. The van der Waals surface area contributed by atoms with Gasteiger partial charge < -0.3 is 10.1 Å². The Balaban J connectivity index is 2.20. The van der Waals surface area contributed by atoms with Gasteiger partial charge >= 0.3 is 0 Å². The highest BCUT2D eigenvalue weighted by atomic mass is 16.5. The predicted octanol–water partition coefficient (Wildman–Crippen LogP) is 4.29. The minimum atomic E-state index is -0.136. The molecule has 1 amide bonds. The summed E-state index contributed by atoms with van der Waals surface area (Å²) >= 11 is 0. The van der Waals surface area contributed by atoms with Crippen molar-refractivity contribution >= 4 is 11.6 Å². The van der Waals surface area contributed by atoms with Crippen molar-refractivity contribution in [1.29, 1.82) is 0 Å². The molecule has 0 saturated heterocycles. The summed E-state index contributed by atoms with van der Waals surface area (Å²) < 4.78 is 5.64. The molecule has 2 aromatic rings. The molecule has 3 nitrogen and oxygen atoms in total. The molecule has 110 valence electrons. The topological polar surface area (TPSA) is 38.3 Å². The number of nitrogens with one attached hydrogen (secondary N) is 1. The molecule has 0 saturated carbocycles. The molecule has 2 rings (SSSR count). The maximum atomic E-state index is 12.5. The molecule has 0 atom stereocenters. The Kier molecular flexibility index (Phi) is 5.38. The summed E-state index contributed by atoms with van der Waals surface area (Å²) in [6, 6.07) is 15.2. The number of hydrogen-bond donors (Lipinski definition) is 1. The minimum Gasteiger partial charge on any atom is -0.493 e. The van der Waals surface area contributed by atoms with Crippen LogP contribution in [0.25, 0.3) is 0 Å². The number of para-hydroxylation sites is 2. The Morgan fingerprint density at radius 3 is 2.52 bits per heavy atom. The van der Waals surface area contributed by atoms with Crippen molar-refractivity contribution < 1.29 is 9.53 Å². The first kappa shape index (κ1) is 15.1. The molecule has 0 bridgehead atoms. The molecule has 0 aromatic heterocycles. The zero-order valence-corrected chi connectivity index (χ0v) is 12.6. The third kappa shape index (κ3) is 3.85. The summed E-state index contributed by atoms with van der Waals surface area (Å²) in [5.74, 6) is 0.494. The molecule has 0 aliphatic heterocycles. The van der Waals surface area contributed by atoms with Crippen LogP contribution < -0.4 is 10.1 Å². The number of carbonyl (C=O) groups excluding carboxylic acids is 1. The van der Waals surface area contributed by atoms with E-state index in [0.29, 0.717) is 17.9 Å². The van der Waals surface area contributed by atoms with Crippen LogP contribution >= 0.6 is 0 Å². The highest BCUT2D eigenvalue weighted by Crippen LogP contribution is 2.21. The van der Waals surface area contributed by atoms with Gasteiger partial charge in [-0.05, 0) is 36.6 Å². The highest BCUT2D eigenvalue weighted by Gasteiger charge is 2.13. The number of anilines is 1. The van der Waals surface area contributed by atoms with Gasteiger partial charge in [0.25, 0.3) is 5.91 Å². The first-order chi connectivity index (χ1) is 10.3. The maximum Gasteiger partial charge on any atom is 0.259 e. The standard InChI is InChI=1S/C18H21NO2/c1-3-13-21-17-12-8-6-10-15(17)18(20)19-16-11-7-5-9-14(16)4-2/h5-12H,3-4,13H2,1-2H3,(H,19,20). The van der Waals surface area contributed by atoms with Crippen molar-refractivity contribution in [2.45, 2.75) is 26.7 Å². The number of rotatable bonds is 6. The molecule has 21 heavy (non-hydrogen) atoms. The third-order valence-corrected chi connectivity index (χ3v) is 3.24. The van der Waals surface area contributed by atoms with Crippen LogP contribution in [0.2, 0.25) is 0 Å². The number of aryl methyl sites for hydroxylation is 1. The zero-order chi connectivity index (χ0) is 15.1. The lowest BCUT2D eigenvalue weighted by atomic mass is 10.1. The highest BCUT2D eigenvalue weighted by molar-refractivity contribution is 6.06. The van der Waals surface area contributed by atoms with E-state index in [-0.39, 0.29) is 5.91 Å². The van der Waals surface area contributed by atoms with Crippen LogP contribution in [-0.4, -0.2) is 12.5 Å². The van der Waals surface area contributed by atoms with Gasteiger partial charge in [0, 0.05) is 5.69 Å². The Morgan fingerprint density at radius 2 is 1.76 bits per heavy atom. The average molecular weight is 283 g/mol. The van der Waals surface area contributed by atoms with Crippen LogP contribution in [0.15, 0.2) is 48.5 Å². The van der Waals surface area contributed by atoms with E-state index < -0.39 is 0 Å². The minimum absolute atomic E-state index is 0.136. The SMILES string of the molecule is CCCOc1ccccc1C(=O)Nc1ccccc1CC. The Hall–Kier alpha value is -2.29. The molecular weight excluding hydrogens is 262 g/mol. The second-order valence-corrected chi connectivity index (χ2v) is 4.81. The maximum absolute atomic E-state index is 12.5. The number of ether oxygens (including phenoxy) is 1. The Morgan fingerprint density at radius 1 is 1.05 bits per heavy atom. The van der Waals surface area contributed by atoms with Crippen molar-refractivity contribution in [3.63, 3.8) is 0 Å². The fraction of sp³-hybridized carbons (Fsp3) is 0.278. The quantitative estimate of drug-likeness (QED) is 0.858.